The molecule has 0 heterocycles. The maximum atomic E-state index is 11.7. The van der Waals surface area contributed by atoms with Gasteiger partial charge < -0.3 is 15.7 Å². The van der Waals surface area contributed by atoms with Gasteiger partial charge in [0.05, 0.1) is 0 Å². The van der Waals surface area contributed by atoms with Crippen LogP contribution < -0.4 is 10.6 Å². The van der Waals surface area contributed by atoms with Gasteiger partial charge in [-0.05, 0) is 29.8 Å². The van der Waals surface area contributed by atoms with Crippen LogP contribution in [-0.2, 0) is 4.79 Å². The van der Waals surface area contributed by atoms with Crippen LogP contribution in [-0.4, -0.2) is 23.1 Å². The fourth-order valence-electron chi connectivity index (χ4n) is 1.77. The van der Waals surface area contributed by atoms with Gasteiger partial charge in [-0.15, -0.1) is 0 Å². The van der Waals surface area contributed by atoms with Crippen LogP contribution in [0.5, 0.6) is 0 Å². The summed E-state index contributed by atoms with van der Waals surface area (Å²) in [5.41, 5.74) is 0.641. The number of benzene rings is 2. The summed E-state index contributed by atoms with van der Waals surface area (Å²) in [5, 5.41) is 15.4. The Hall–Kier alpha value is -2.56. The molecule has 0 radical (unpaired) electrons. The highest BCUT2D eigenvalue weighted by atomic mass is 16.4. The molecule has 5 nitrogen and oxygen atoms in total. The van der Waals surface area contributed by atoms with Crippen LogP contribution in [0.1, 0.15) is 6.92 Å². The molecule has 0 aliphatic carbocycles. The lowest BCUT2D eigenvalue weighted by molar-refractivity contribution is -0.117. The summed E-state index contributed by atoms with van der Waals surface area (Å²) in [4.78, 5) is 22.2. The number of carbonyl (C=O) groups is 2. The van der Waals surface area contributed by atoms with E-state index in [-0.39, 0.29) is 0 Å². The Labute approximate surface area is 110 Å². The molecule has 1 atom stereocenters. The van der Waals surface area contributed by atoms with Crippen LogP contribution in [0.25, 0.3) is 10.8 Å². The average Bonchev–Trinajstić information content (AvgIpc) is 2.37. The number of hydrogen-bond acceptors (Lipinski definition) is 2. The average molecular weight is 258 g/mol. The van der Waals surface area contributed by atoms with Gasteiger partial charge in [0.2, 0.25) is 5.91 Å². The molecule has 0 spiro atoms. The van der Waals surface area contributed by atoms with E-state index >= 15 is 0 Å². The molecule has 0 aromatic heterocycles. The van der Waals surface area contributed by atoms with E-state index in [4.69, 9.17) is 5.11 Å². The zero-order chi connectivity index (χ0) is 13.8. The lowest BCUT2D eigenvalue weighted by Crippen LogP contribution is -2.40. The number of anilines is 1. The van der Waals surface area contributed by atoms with Gasteiger partial charge in [0.1, 0.15) is 6.04 Å². The van der Waals surface area contributed by atoms with Crippen molar-refractivity contribution in [3.8, 4) is 0 Å². The van der Waals surface area contributed by atoms with Crippen molar-refractivity contribution >= 4 is 28.5 Å². The normalized spacial score (nSPS) is 11.8. The van der Waals surface area contributed by atoms with Crippen molar-refractivity contribution in [2.24, 2.45) is 0 Å². The lowest BCUT2D eigenvalue weighted by Gasteiger charge is -2.12. The fourth-order valence-corrected chi connectivity index (χ4v) is 1.77. The minimum absolute atomic E-state index is 0.391. The van der Waals surface area contributed by atoms with Crippen LogP contribution in [0.4, 0.5) is 10.5 Å². The second-order valence-electron chi connectivity index (χ2n) is 4.22. The Morgan fingerprint density at radius 1 is 1.11 bits per heavy atom. The topological polar surface area (TPSA) is 78.4 Å². The number of amides is 2. The van der Waals surface area contributed by atoms with Crippen LogP contribution >= 0.6 is 0 Å². The molecule has 1 unspecified atom stereocenters. The molecular weight excluding hydrogens is 244 g/mol. The number of rotatable bonds is 3. The molecule has 2 amide bonds. The molecular formula is C14H14N2O3. The van der Waals surface area contributed by atoms with Gasteiger partial charge in [-0.25, -0.2) is 4.79 Å². The van der Waals surface area contributed by atoms with Gasteiger partial charge in [-0.1, -0.05) is 30.3 Å². The third-order valence-electron chi connectivity index (χ3n) is 2.75. The van der Waals surface area contributed by atoms with Gasteiger partial charge in [0, 0.05) is 5.69 Å². The Kier molecular flexibility index (Phi) is 3.66. The third kappa shape index (κ3) is 3.22. The first-order valence-electron chi connectivity index (χ1n) is 5.85. The van der Waals surface area contributed by atoms with Crippen molar-refractivity contribution in [3.05, 3.63) is 42.5 Å². The van der Waals surface area contributed by atoms with Crippen molar-refractivity contribution in [1.82, 2.24) is 5.32 Å². The zero-order valence-corrected chi connectivity index (χ0v) is 10.4. The molecule has 98 valence electrons. The zero-order valence-electron chi connectivity index (χ0n) is 10.4. The maximum absolute atomic E-state index is 11.7. The second kappa shape index (κ2) is 5.39. The van der Waals surface area contributed by atoms with Gasteiger partial charge in [0.15, 0.2) is 0 Å². The Bertz CT molecular complexity index is 625. The van der Waals surface area contributed by atoms with Crippen molar-refractivity contribution in [3.63, 3.8) is 0 Å². The third-order valence-corrected chi connectivity index (χ3v) is 2.75. The van der Waals surface area contributed by atoms with E-state index in [9.17, 15) is 9.59 Å². The molecule has 0 saturated carbocycles. The Morgan fingerprint density at radius 3 is 2.47 bits per heavy atom. The van der Waals surface area contributed by atoms with E-state index in [1.807, 2.05) is 36.4 Å². The van der Waals surface area contributed by atoms with Crippen molar-refractivity contribution in [1.29, 1.82) is 0 Å². The molecule has 2 aromatic rings. The summed E-state index contributed by atoms with van der Waals surface area (Å²) >= 11 is 0. The molecule has 0 bridgehead atoms. The molecule has 0 aliphatic heterocycles. The first-order chi connectivity index (χ1) is 9.06. The summed E-state index contributed by atoms with van der Waals surface area (Å²) in [6.45, 7) is 1.49. The highest BCUT2D eigenvalue weighted by molar-refractivity contribution is 5.98. The minimum atomic E-state index is -1.22. The highest BCUT2D eigenvalue weighted by Crippen LogP contribution is 2.18. The Morgan fingerprint density at radius 2 is 1.79 bits per heavy atom. The summed E-state index contributed by atoms with van der Waals surface area (Å²) in [5.74, 6) is -0.391. The van der Waals surface area contributed by atoms with Crippen LogP contribution in [0, 0.1) is 0 Å². The van der Waals surface area contributed by atoms with Crippen molar-refractivity contribution in [2.45, 2.75) is 13.0 Å². The minimum Gasteiger partial charge on any atom is -0.465 e. The molecule has 5 heteroatoms. The predicted molar refractivity (Wildman–Crippen MR) is 73.2 cm³/mol. The van der Waals surface area contributed by atoms with E-state index in [1.54, 1.807) is 6.07 Å². The standard InChI is InChI=1S/C14H14N2O3/c1-9(15-14(18)19)13(17)16-12-7-6-10-4-2-3-5-11(10)8-12/h2-9,15H,1H3,(H,16,17)(H,18,19). The molecule has 19 heavy (non-hydrogen) atoms. The van der Waals surface area contributed by atoms with Crippen LogP contribution in [0.2, 0.25) is 0 Å². The smallest absolute Gasteiger partial charge is 0.405 e. The quantitative estimate of drug-likeness (QED) is 0.791. The number of carbonyl (C=O) groups excluding carboxylic acids is 1. The van der Waals surface area contributed by atoms with Crippen molar-refractivity contribution in [2.75, 3.05) is 5.32 Å². The van der Waals surface area contributed by atoms with Gasteiger partial charge in [0.25, 0.3) is 0 Å². The fraction of sp³-hybridized carbons (Fsp3) is 0.143. The molecule has 0 aliphatic rings. The van der Waals surface area contributed by atoms with Crippen LogP contribution in [0.15, 0.2) is 42.5 Å². The largest absolute Gasteiger partial charge is 0.465 e. The molecule has 2 aromatic carbocycles. The van der Waals surface area contributed by atoms with E-state index in [0.717, 1.165) is 10.8 Å². The summed E-state index contributed by atoms with van der Waals surface area (Å²) in [6, 6.07) is 12.5. The molecule has 0 fully saturated rings. The number of hydrogen-bond donors (Lipinski definition) is 3. The monoisotopic (exact) mass is 258 g/mol. The van der Waals surface area contributed by atoms with E-state index in [0.29, 0.717) is 5.69 Å². The SMILES string of the molecule is CC(NC(=O)O)C(=O)Nc1ccc2ccccc2c1. The summed E-state index contributed by atoms with van der Waals surface area (Å²) in [6.07, 6.45) is -1.22. The van der Waals surface area contributed by atoms with Gasteiger partial charge in [-0.2, -0.15) is 0 Å². The molecule has 2 rings (SSSR count). The van der Waals surface area contributed by atoms with Gasteiger partial charge in [-0.3, -0.25) is 4.79 Å². The molecule has 3 N–H and O–H groups in total. The molecule has 0 saturated heterocycles. The summed E-state index contributed by atoms with van der Waals surface area (Å²) in [7, 11) is 0. The Balaban J connectivity index is 2.12. The predicted octanol–water partition coefficient (Wildman–Crippen LogP) is 2.43. The maximum Gasteiger partial charge on any atom is 0.405 e. The lowest BCUT2D eigenvalue weighted by atomic mass is 10.1. The first kappa shape index (κ1) is 12.9. The van der Waals surface area contributed by atoms with Gasteiger partial charge >= 0.3 is 6.09 Å². The number of carboxylic acid groups (broad SMARTS) is 1. The second-order valence-corrected chi connectivity index (χ2v) is 4.22. The van der Waals surface area contributed by atoms with Crippen LogP contribution in [0.3, 0.4) is 0 Å². The number of nitrogens with one attached hydrogen (secondary N) is 2. The van der Waals surface area contributed by atoms with E-state index < -0.39 is 18.0 Å². The number of fused-ring (bicyclic) bond motifs is 1. The van der Waals surface area contributed by atoms with Crippen molar-refractivity contribution < 1.29 is 14.7 Å². The van der Waals surface area contributed by atoms with E-state index in [2.05, 4.69) is 10.6 Å². The first-order valence-corrected chi connectivity index (χ1v) is 5.85. The van der Waals surface area contributed by atoms with E-state index in [1.165, 1.54) is 6.92 Å². The highest BCUT2D eigenvalue weighted by Gasteiger charge is 2.14. The summed E-state index contributed by atoms with van der Waals surface area (Å²) < 4.78 is 0.